The smallest absolute Gasteiger partial charge is 0.422 e. The summed E-state index contributed by atoms with van der Waals surface area (Å²) < 4.78 is 30.3. The molecule has 0 aliphatic heterocycles. The maximum Gasteiger partial charge on any atom is 0.422 e. The Morgan fingerprint density at radius 1 is 1.39 bits per heavy atom. The largest absolute Gasteiger partial charge is 0.477 e. The number of aromatic nitrogens is 1. The summed E-state index contributed by atoms with van der Waals surface area (Å²) in [5, 5.41) is 8.58. The zero-order valence-corrected chi connectivity index (χ0v) is 9.89. The molecule has 1 rings (SSSR count). The predicted octanol–water partition coefficient (Wildman–Crippen LogP) is -0.208. The lowest BCUT2D eigenvalue weighted by Gasteiger charge is -2.07. The van der Waals surface area contributed by atoms with E-state index in [0.717, 1.165) is 19.4 Å². The van der Waals surface area contributed by atoms with E-state index >= 15 is 0 Å². The fourth-order valence-corrected chi connectivity index (χ4v) is 1.70. The molecule has 0 spiro atoms. The fourth-order valence-electron chi connectivity index (χ4n) is 0.913. The number of ether oxygens (including phenoxy) is 1. The molecule has 18 heavy (non-hydrogen) atoms. The van der Waals surface area contributed by atoms with Crippen molar-refractivity contribution in [2.24, 2.45) is 0 Å². The average molecular weight is 275 g/mol. The zero-order chi connectivity index (χ0) is 13.8. The summed E-state index contributed by atoms with van der Waals surface area (Å²) in [6, 6.07) is 2.30. The molecule has 1 amide bonds. The standard InChI is InChI=1S/C8H9N3O6S/c1-17-8(14)11-18(15,16)10-5-2-3-6(7(12)13)9-4-5/h2-4,10H,1H3,(H,11,14)(H,12,13). The van der Waals surface area contributed by atoms with Gasteiger partial charge in [-0.05, 0) is 12.1 Å². The quantitative estimate of drug-likeness (QED) is 0.692. The highest BCUT2D eigenvalue weighted by atomic mass is 32.2. The van der Waals surface area contributed by atoms with Crippen molar-refractivity contribution in [3.05, 3.63) is 24.0 Å². The topological polar surface area (TPSA) is 135 Å². The summed E-state index contributed by atoms with van der Waals surface area (Å²) >= 11 is 0. The second-order valence-electron chi connectivity index (χ2n) is 2.94. The number of carbonyl (C=O) groups is 2. The molecule has 98 valence electrons. The van der Waals surface area contributed by atoms with Crippen LogP contribution in [0, 0.1) is 0 Å². The van der Waals surface area contributed by atoms with Crippen LogP contribution in [0.15, 0.2) is 18.3 Å². The van der Waals surface area contributed by atoms with Crippen LogP contribution in [0.25, 0.3) is 0 Å². The third kappa shape index (κ3) is 3.90. The van der Waals surface area contributed by atoms with Crippen molar-refractivity contribution in [2.45, 2.75) is 0 Å². The first-order valence-corrected chi connectivity index (χ1v) is 5.90. The highest BCUT2D eigenvalue weighted by molar-refractivity contribution is 7.91. The van der Waals surface area contributed by atoms with Gasteiger partial charge in [0.1, 0.15) is 5.69 Å². The number of carboxylic acids is 1. The van der Waals surface area contributed by atoms with Crippen LogP contribution in [0.5, 0.6) is 0 Å². The number of nitrogens with one attached hydrogen (secondary N) is 2. The second-order valence-corrected chi connectivity index (χ2v) is 4.35. The molecule has 0 fully saturated rings. The minimum atomic E-state index is -4.14. The molecular weight excluding hydrogens is 266 g/mol. The Kier molecular flexibility index (Phi) is 4.05. The fraction of sp³-hybridized carbons (Fsp3) is 0.125. The van der Waals surface area contributed by atoms with Gasteiger partial charge in [-0.15, -0.1) is 0 Å². The van der Waals surface area contributed by atoms with Gasteiger partial charge in [-0.2, -0.15) is 8.42 Å². The number of nitrogens with zero attached hydrogens (tertiary/aromatic N) is 1. The number of rotatable bonds is 4. The number of hydrogen-bond acceptors (Lipinski definition) is 6. The number of hydrogen-bond donors (Lipinski definition) is 3. The first-order valence-electron chi connectivity index (χ1n) is 4.42. The monoisotopic (exact) mass is 275 g/mol. The van der Waals surface area contributed by atoms with E-state index in [1.54, 1.807) is 4.72 Å². The van der Waals surface area contributed by atoms with Crippen LogP contribution in [0.4, 0.5) is 10.5 Å². The Labute approximate surface area is 102 Å². The number of amides is 1. The van der Waals surface area contributed by atoms with Gasteiger partial charge in [0.2, 0.25) is 0 Å². The van der Waals surface area contributed by atoms with Crippen LogP contribution in [-0.2, 0) is 14.9 Å². The van der Waals surface area contributed by atoms with E-state index in [1.165, 1.54) is 6.07 Å². The van der Waals surface area contributed by atoms with Crippen LogP contribution in [0.1, 0.15) is 10.5 Å². The summed E-state index contributed by atoms with van der Waals surface area (Å²) in [6.07, 6.45) is -0.155. The summed E-state index contributed by atoms with van der Waals surface area (Å²) in [7, 11) is -3.13. The maximum atomic E-state index is 11.3. The van der Waals surface area contributed by atoms with Gasteiger partial charge >= 0.3 is 22.3 Å². The van der Waals surface area contributed by atoms with Crippen molar-refractivity contribution in [1.82, 2.24) is 9.71 Å². The zero-order valence-electron chi connectivity index (χ0n) is 9.08. The van der Waals surface area contributed by atoms with E-state index in [2.05, 4.69) is 9.72 Å². The second kappa shape index (κ2) is 5.31. The summed E-state index contributed by atoms with van der Waals surface area (Å²) in [5.41, 5.74) is -0.240. The molecule has 1 aromatic rings. The molecule has 0 saturated carbocycles. The number of aromatic carboxylic acids is 1. The molecular formula is C8H9N3O6S. The van der Waals surface area contributed by atoms with Crippen molar-refractivity contribution >= 4 is 28.0 Å². The van der Waals surface area contributed by atoms with Crippen molar-refractivity contribution in [2.75, 3.05) is 11.8 Å². The number of carboxylic acid groups (broad SMARTS) is 1. The van der Waals surface area contributed by atoms with E-state index in [1.807, 2.05) is 4.72 Å². The lowest BCUT2D eigenvalue weighted by atomic mass is 10.3. The van der Waals surface area contributed by atoms with Gasteiger partial charge in [0.25, 0.3) is 0 Å². The number of anilines is 1. The molecule has 0 aromatic carbocycles. The Hall–Kier alpha value is -2.36. The van der Waals surface area contributed by atoms with Crippen LogP contribution in [0.2, 0.25) is 0 Å². The third-order valence-corrected chi connectivity index (χ3v) is 2.58. The van der Waals surface area contributed by atoms with Gasteiger partial charge in [0.15, 0.2) is 0 Å². The van der Waals surface area contributed by atoms with E-state index in [-0.39, 0.29) is 11.4 Å². The van der Waals surface area contributed by atoms with Gasteiger partial charge in [-0.3, -0.25) is 4.72 Å². The number of pyridine rings is 1. The molecule has 3 N–H and O–H groups in total. The molecule has 10 heteroatoms. The van der Waals surface area contributed by atoms with E-state index in [0.29, 0.717) is 0 Å². The summed E-state index contributed by atoms with van der Waals surface area (Å²) in [5.74, 6) is -1.24. The molecule has 0 atom stereocenters. The molecule has 0 radical (unpaired) electrons. The molecule has 0 aliphatic rings. The number of carbonyl (C=O) groups excluding carboxylic acids is 1. The minimum absolute atomic E-state index is 0.00333. The first-order chi connectivity index (χ1) is 8.34. The van der Waals surface area contributed by atoms with Gasteiger partial charge in [-0.1, -0.05) is 0 Å². The van der Waals surface area contributed by atoms with Gasteiger partial charge in [0, 0.05) is 0 Å². The van der Waals surface area contributed by atoms with Crippen LogP contribution < -0.4 is 9.44 Å². The summed E-state index contributed by atoms with van der Waals surface area (Å²) in [6.45, 7) is 0. The van der Waals surface area contributed by atoms with Gasteiger partial charge in [0.05, 0.1) is 19.0 Å². The summed E-state index contributed by atoms with van der Waals surface area (Å²) in [4.78, 5) is 24.7. The lowest BCUT2D eigenvalue weighted by Crippen LogP contribution is -2.35. The third-order valence-electron chi connectivity index (χ3n) is 1.64. The van der Waals surface area contributed by atoms with Crippen molar-refractivity contribution in [3.8, 4) is 0 Å². The van der Waals surface area contributed by atoms with Crippen LogP contribution in [0.3, 0.4) is 0 Å². The average Bonchev–Trinajstić information content (AvgIpc) is 2.28. The Morgan fingerprint density at radius 2 is 2.06 bits per heavy atom. The number of methoxy groups -OCH3 is 1. The molecule has 0 unspecified atom stereocenters. The highest BCUT2D eigenvalue weighted by Gasteiger charge is 2.14. The molecule has 0 saturated heterocycles. The predicted molar refractivity (Wildman–Crippen MR) is 59.3 cm³/mol. The highest BCUT2D eigenvalue weighted by Crippen LogP contribution is 2.07. The van der Waals surface area contributed by atoms with Crippen molar-refractivity contribution in [3.63, 3.8) is 0 Å². The van der Waals surface area contributed by atoms with E-state index in [4.69, 9.17) is 5.11 Å². The Morgan fingerprint density at radius 3 is 2.50 bits per heavy atom. The van der Waals surface area contributed by atoms with Gasteiger partial charge in [-0.25, -0.2) is 19.3 Å². The molecule has 0 aliphatic carbocycles. The minimum Gasteiger partial charge on any atom is -0.477 e. The van der Waals surface area contributed by atoms with E-state index in [9.17, 15) is 18.0 Å². The van der Waals surface area contributed by atoms with Crippen LogP contribution in [-0.4, -0.2) is 37.7 Å². The normalized spacial score (nSPS) is 10.5. The molecule has 1 heterocycles. The van der Waals surface area contributed by atoms with Crippen molar-refractivity contribution in [1.29, 1.82) is 0 Å². The lowest BCUT2D eigenvalue weighted by molar-refractivity contribution is 0.0690. The maximum absolute atomic E-state index is 11.3. The molecule has 1 aromatic heterocycles. The van der Waals surface area contributed by atoms with Gasteiger partial charge < -0.3 is 9.84 Å². The first kappa shape index (κ1) is 13.7. The SMILES string of the molecule is COC(=O)NS(=O)(=O)Nc1ccc(C(=O)O)nc1. The Bertz CT molecular complexity index is 553. The Balaban J connectivity index is 2.78. The van der Waals surface area contributed by atoms with E-state index < -0.39 is 22.3 Å². The molecule has 0 bridgehead atoms. The molecule has 9 nitrogen and oxygen atoms in total. The van der Waals surface area contributed by atoms with Crippen molar-refractivity contribution < 1.29 is 27.9 Å². The van der Waals surface area contributed by atoms with Crippen LogP contribution >= 0.6 is 0 Å².